The van der Waals surface area contributed by atoms with E-state index in [0.29, 0.717) is 22.7 Å². The highest BCUT2D eigenvalue weighted by atomic mass is 32.1. The summed E-state index contributed by atoms with van der Waals surface area (Å²) < 4.78 is 0. The average molecular weight is 1440 g/mol. The summed E-state index contributed by atoms with van der Waals surface area (Å²) in [6.45, 7) is 33.1. The summed E-state index contributed by atoms with van der Waals surface area (Å²) in [5.74, 6) is 6.75. The van der Waals surface area contributed by atoms with E-state index in [1.807, 2.05) is 55.5 Å². The van der Waals surface area contributed by atoms with Crippen LogP contribution in [0.1, 0.15) is 298 Å². The number of benzene rings is 4. The summed E-state index contributed by atoms with van der Waals surface area (Å²) in [6.07, 6.45) is 23.7. The number of unbranched alkanes of at least 4 members (excludes halogenated alkanes) is 2. The number of carbonyl (C=O) groups is 2. The van der Waals surface area contributed by atoms with Crippen LogP contribution in [0.5, 0.6) is 0 Å². The van der Waals surface area contributed by atoms with Crippen LogP contribution in [0.3, 0.4) is 0 Å². The summed E-state index contributed by atoms with van der Waals surface area (Å²) in [6, 6.07) is 32.5. The van der Waals surface area contributed by atoms with Gasteiger partial charge in [-0.25, -0.2) is 0 Å². The second kappa shape index (κ2) is 87.1. The van der Waals surface area contributed by atoms with Crippen LogP contribution < -0.4 is 0 Å². The SMILES string of the molecule is C.C.C.C.C.C.C.C.C.C.CC/C=C\CS.CCC(C)(C)CCS.CCCC(C)(C)CCS.CCCC(C)(C)CS.CCCCCS.CCc1ccccc1C(=O)S.CCc1ccccc1CC(=O)S.CCc1ccccc1CCS.CCc1ccccc1CS. The van der Waals surface area contributed by atoms with Gasteiger partial charge in [0.25, 0.3) is 0 Å². The summed E-state index contributed by atoms with van der Waals surface area (Å²) in [5.41, 5.74) is 11.3. The molecule has 0 aliphatic heterocycles. The van der Waals surface area contributed by atoms with E-state index in [1.165, 1.54) is 92.0 Å². The number of hydrogen-bond donors (Lipinski definition) is 9. The standard InChI is InChI=1S/C10H12OS.C10H14S.C9H10OS.C9H12S.C8H18S.2C7H16S.C5H12S.C5H10S.10CH4/c1-2-8-5-3-4-6-9(8)7-10(11)12;1-2-9-5-3-4-6-10(9)7-8-11;1-2-7-5-3-4-6-8(7)9(10)11;1-2-8-5-3-4-6-9(8)7-10;1-4-5-8(2,3)6-7-9;1-4-7(2,3)5-6-8;1-4-5-7(2,3)6-8;2*1-2-3-4-5-6;;;;;;;;;;/h3-6H,2,7H2,1H3,(H,11,12);3-6,11H,2,7-8H2,1H3;3-6H,2H2,1H3,(H,10,11);3-6,10H,2,7H2,1H3;9H,4-7H2,1-3H3;2*8H,4-6H2,1-3H3;6H,2-5H2,1H3;3-4,6H,2,5H2,1H3;10*1H4/b;;;;;;;;4-3-;;;;;;;;;;. The fraction of sp³-hybridized carbons (Fsp3) is 0.650. The molecule has 546 valence electrons. The van der Waals surface area contributed by atoms with Gasteiger partial charge >= 0.3 is 0 Å². The van der Waals surface area contributed by atoms with Crippen LogP contribution >= 0.6 is 114 Å². The predicted octanol–water partition coefficient (Wildman–Crippen LogP) is 28.9. The first kappa shape index (κ1) is 127. The van der Waals surface area contributed by atoms with Gasteiger partial charge in [0.15, 0.2) is 5.12 Å². The number of aryl methyl sites for hydroxylation is 5. The van der Waals surface area contributed by atoms with Gasteiger partial charge < -0.3 is 0 Å². The van der Waals surface area contributed by atoms with Gasteiger partial charge in [0.1, 0.15) is 0 Å². The van der Waals surface area contributed by atoms with E-state index in [9.17, 15) is 9.59 Å². The minimum absolute atomic E-state index is 0. The topological polar surface area (TPSA) is 34.1 Å². The Hall–Kier alpha value is -0.890. The van der Waals surface area contributed by atoms with E-state index in [-0.39, 0.29) is 84.5 Å². The molecule has 0 fully saturated rings. The molecule has 0 aliphatic carbocycles. The summed E-state index contributed by atoms with van der Waals surface area (Å²) in [4.78, 5) is 21.6. The highest BCUT2D eigenvalue weighted by Crippen LogP contribution is 2.27. The van der Waals surface area contributed by atoms with Gasteiger partial charge in [-0.2, -0.15) is 88.4 Å². The van der Waals surface area contributed by atoms with E-state index in [1.54, 1.807) is 6.07 Å². The fourth-order valence-electron chi connectivity index (χ4n) is 7.54. The van der Waals surface area contributed by atoms with Crippen LogP contribution in [0.15, 0.2) is 109 Å². The minimum atomic E-state index is -0.151. The lowest BCUT2D eigenvalue weighted by molar-refractivity contribution is -0.110. The smallest absolute Gasteiger partial charge is 0.216 e. The molecular weight excluding hydrogens is 1280 g/mol. The van der Waals surface area contributed by atoms with Gasteiger partial charge in [-0.05, 0) is 155 Å². The van der Waals surface area contributed by atoms with Crippen molar-refractivity contribution in [3.63, 3.8) is 0 Å². The Kier molecular flexibility index (Phi) is 121. The first-order valence-electron chi connectivity index (χ1n) is 30.1. The Bertz CT molecular complexity index is 2010. The highest BCUT2D eigenvalue weighted by molar-refractivity contribution is 7.97. The average Bonchev–Trinajstić information content (AvgIpc) is 3.66. The normalized spacial score (nSPS) is 9.32. The van der Waals surface area contributed by atoms with E-state index in [4.69, 9.17) is 0 Å². The quantitative estimate of drug-likeness (QED) is 0.0188. The molecule has 0 bridgehead atoms. The van der Waals surface area contributed by atoms with Crippen molar-refractivity contribution in [1.29, 1.82) is 0 Å². The maximum absolute atomic E-state index is 10.9. The molecule has 0 atom stereocenters. The Morgan fingerprint density at radius 1 is 0.385 bits per heavy atom. The van der Waals surface area contributed by atoms with Crippen LogP contribution in [0, 0.1) is 16.2 Å². The van der Waals surface area contributed by atoms with Crippen molar-refractivity contribution in [2.24, 2.45) is 16.2 Å². The van der Waals surface area contributed by atoms with Crippen molar-refractivity contribution in [2.75, 3.05) is 34.5 Å². The number of rotatable bonds is 25. The van der Waals surface area contributed by atoms with Crippen molar-refractivity contribution in [3.8, 4) is 0 Å². The van der Waals surface area contributed by atoms with Gasteiger partial charge in [-0.3, -0.25) is 9.59 Å². The van der Waals surface area contributed by atoms with Crippen LogP contribution in [-0.4, -0.2) is 44.7 Å². The van der Waals surface area contributed by atoms with Crippen LogP contribution in [0.2, 0.25) is 0 Å². The van der Waals surface area contributed by atoms with Crippen molar-refractivity contribution in [3.05, 3.63) is 154 Å². The maximum atomic E-state index is 10.9. The Balaban J connectivity index is -0.0000000546. The van der Waals surface area contributed by atoms with Gasteiger partial charge in [0, 0.05) is 23.5 Å². The van der Waals surface area contributed by atoms with Crippen molar-refractivity contribution in [2.45, 2.75) is 293 Å². The Labute approximate surface area is 625 Å². The molecule has 0 aromatic heterocycles. The third kappa shape index (κ3) is 79.7. The lowest BCUT2D eigenvalue weighted by atomic mass is 9.85. The second-order valence-corrected chi connectivity index (χ2v) is 25.5. The molecule has 0 aliphatic rings. The van der Waals surface area contributed by atoms with E-state index in [2.05, 4.69) is 265 Å². The molecule has 0 saturated carbocycles. The lowest BCUT2D eigenvalue weighted by Gasteiger charge is -2.22. The van der Waals surface area contributed by atoms with Crippen LogP contribution in [0.4, 0.5) is 0 Å². The third-order valence-corrected chi connectivity index (χ3v) is 15.9. The lowest BCUT2D eigenvalue weighted by Crippen LogP contribution is -2.11. The number of thiol groups is 9. The molecule has 0 radical (unpaired) electrons. The van der Waals surface area contributed by atoms with Gasteiger partial charge in [-0.1, -0.05) is 319 Å². The monoisotopic (exact) mass is 1440 g/mol. The van der Waals surface area contributed by atoms with Crippen LogP contribution in [0.25, 0.3) is 0 Å². The van der Waals surface area contributed by atoms with Gasteiger partial charge in [0.05, 0.1) is 0 Å². The molecule has 0 N–H and O–H groups in total. The second-order valence-electron chi connectivity index (χ2n) is 21.8. The zero-order valence-corrected chi connectivity index (χ0v) is 61.8. The van der Waals surface area contributed by atoms with Gasteiger partial charge in [0.2, 0.25) is 5.12 Å². The third-order valence-electron chi connectivity index (χ3n) is 13.1. The molecule has 0 saturated heterocycles. The van der Waals surface area contributed by atoms with Crippen molar-refractivity contribution < 1.29 is 9.59 Å². The maximum Gasteiger partial charge on any atom is 0.216 e. The van der Waals surface area contributed by atoms with Crippen molar-refractivity contribution in [1.82, 2.24) is 0 Å². The Morgan fingerprint density at radius 3 is 1.00 bits per heavy atom. The number of hydrogen-bond acceptors (Lipinski definition) is 9. The zero-order valence-electron chi connectivity index (χ0n) is 53.7. The molecule has 0 heterocycles. The number of carbonyl (C=O) groups excluding carboxylic acids is 2. The van der Waals surface area contributed by atoms with E-state index < -0.39 is 0 Å². The molecule has 4 aromatic carbocycles. The molecule has 11 heteroatoms. The molecule has 4 rings (SSSR count). The highest BCUT2D eigenvalue weighted by Gasteiger charge is 2.15. The summed E-state index contributed by atoms with van der Waals surface area (Å²) >= 11 is 36.6. The van der Waals surface area contributed by atoms with E-state index in [0.717, 1.165) is 95.5 Å². The molecule has 0 unspecified atom stereocenters. The summed E-state index contributed by atoms with van der Waals surface area (Å²) in [7, 11) is 0. The van der Waals surface area contributed by atoms with Gasteiger partial charge in [-0.15, -0.1) is 25.3 Å². The molecule has 0 amide bonds. The Morgan fingerprint density at radius 2 is 0.747 bits per heavy atom. The predicted molar refractivity (Wildman–Crippen MR) is 471 cm³/mol. The summed E-state index contributed by atoms with van der Waals surface area (Å²) in [5, 5.41) is -0.224. The molecular formula is C80H160O2S9. The fourth-order valence-corrected chi connectivity index (χ4v) is 10.2. The molecule has 4 aromatic rings. The minimum Gasteiger partial charge on any atom is -0.287 e. The first-order chi connectivity index (χ1) is 38.4. The van der Waals surface area contributed by atoms with Crippen LogP contribution in [-0.2, 0) is 49.1 Å². The molecule has 91 heavy (non-hydrogen) atoms. The number of allylic oxidation sites excluding steroid dienone is 1. The molecule has 0 spiro atoms. The molecule has 2 nitrogen and oxygen atoms in total. The first-order valence-corrected chi connectivity index (χ1v) is 35.4. The largest absolute Gasteiger partial charge is 0.287 e. The zero-order chi connectivity index (χ0) is 63.0. The van der Waals surface area contributed by atoms with Crippen molar-refractivity contribution >= 4 is 124 Å². The van der Waals surface area contributed by atoms with E-state index >= 15 is 0 Å².